The fraction of sp³-hybridized carbons (Fsp3) is 0.833. The second-order valence-corrected chi connectivity index (χ2v) is 5.66. The van der Waals surface area contributed by atoms with Crippen molar-refractivity contribution in [3.63, 3.8) is 0 Å². The first-order valence-electron chi connectivity index (χ1n) is 6.20. The molecule has 1 atom stereocenters. The van der Waals surface area contributed by atoms with Crippen LogP contribution in [0.4, 0.5) is 4.79 Å². The summed E-state index contributed by atoms with van der Waals surface area (Å²) in [5, 5.41) is 11.6. The van der Waals surface area contributed by atoms with Crippen LogP contribution in [0, 0.1) is 0 Å². The van der Waals surface area contributed by atoms with Gasteiger partial charge in [-0.2, -0.15) is 0 Å². The molecule has 0 aromatic heterocycles. The van der Waals surface area contributed by atoms with Gasteiger partial charge in [0.15, 0.2) is 0 Å². The zero-order valence-corrected chi connectivity index (χ0v) is 11.6. The van der Waals surface area contributed by atoms with Crippen LogP contribution in [0.5, 0.6) is 0 Å². The third-order valence-electron chi connectivity index (χ3n) is 3.29. The highest BCUT2D eigenvalue weighted by Gasteiger charge is 2.29. The average molecular weight is 257 g/mol. The predicted molar refractivity (Wildman–Crippen MR) is 68.5 cm³/mol. The lowest BCUT2D eigenvalue weighted by atomic mass is 10.0. The number of nitrogens with zero attached hydrogens (tertiary/aromatic N) is 2. The molecule has 2 N–H and O–H groups in total. The Kier molecular flexibility index (Phi) is 4.56. The van der Waals surface area contributed by atoms with Crippen LogP contribution in [0.3, 0.4) is 0 Å². The van der Waals surface area contributed by atoms with E-state index in [-0.39, 0.29) is 12.5 Å². The SMILES string of the molecule is CC1CN(C(=O)NC(C)(C)CC(=O)O)CCN1C. The van der Waals surface area contributed by atoms with Crippen LogP contribution in [-0.2, 0) is 4.79 Å². The minimum absolute atomic E-state index is 0.0813. The molecular formula is C12H23N3O3. The summed E-state index contributed by atoms with van der Waals surface area (Å²) < 4.78 is 0. The van der Waals surface area contributed by atoms with Gasteiger partial charge < -0.3 is 20.2 Å². The van der Waals surface area contributed by atoms with Crippen LogP contribution in [0.25, 0.3) is 0 Å². The lowest BCUT2D eigenvalue weighted by Crippen LogP contribution is -2.58. The fourth-order valence-corrected chi connectivity index (χ4v) is 2.02. The number of piperazine rings is 1. The maximum Gasteiger partial charge on any atom is 0.317 e. The molecule has 1 rings (SSSR count). The second-order valence-electron chi connectivity index (χ2n) is 5.66. The molecule has 0 spiro atoms. The van der Waals surface area contributed by atoms with E-state index in [4.69, 9.17) is 5.11 Å². The molecule has 0 bridgehead atoms. The number of hydrogen-bond donors (Lipinski definition) is 2. The second kappa shape index (κ2) is 5.56. The van der Waals surface area contributed by atoms with E-state index in [9.17, 15) is 9.59 Å². The van der Waals surface area contributed by atoms with E-state index in [1.807, 2.05) is 7.05 Å². The first-order valence-corrected chi connectivity index (χ1v) is 6.20. The number of carboxylic acid groups (broad SMARTS) is 1. The van der Waals surface area contributed by atoms with Crippen molar-refractivity contribution in [1.29, 1.82) is 0 Å². The summed E-state index contributed by atoms with van der Waals surface area (Å²) in [6.07, 6.45) is -0.0813. The standard InChI is InChI=1S/C12H23N3O3/c1-9-8-15(6-5-14(9)4)11(18)13-12(2,3)7-10(16)17/h9H,5-8H2,1-4H3,(H,13,18)(H,16,17). The molecule has 6 nitrogen and oxygen atoms in total. The smallest absolute Gasteiger partial charge is 0.317 e. The maximum atomic E-state index is 12.1. The Morgan fingerprint density at radius 1 is 1.39 bits per heavy atom. The molecule has 6 heteroatoms. The summed E-state index contributed by atoms with van der Waals surface area (Å²) >= 11 is 0. The quantitative estimate of drug-likeness (QED) is 0.776. The summed E-state index contributed by atoms with van der Waals surface area (Å²) in [6, 6.07) is 0.147. The Morgan fingerprint density at radius 3 is 2.50 bits per heavy atom. The van der Waals surface area contributed by atoms with Crippen molar-refractivity contribution < 1.29 is 14.7 Å². The Labute approximate surface area is 108 Å². The Morgan fingerprint density at radius 2 is 2.00 bits per heavy atom. The molecule has 0 saturated carbocycles. The van der Waals surface area contributed by atoms with Crippen molar-refractivity contribution in [1.82, 2.24) is 15.1 Å². The fourth-order valence-electron chi connectivity index (χ4n) is 2.02. The van der Waals surface area contributed by atoms with Gasteiger partial charge in [0.1, 0.15) is 0 Å². The molecule has 18 heavy (non-hydrogen) atoms. The van der Waals surface area contributed by atoms with Gasteiger partial charge in [0.25, 0.3) is 0 Å². The third kappa shape index (κ3) is 4.18. The van der Waals surface area contributed by atoms with Gasteiger partial charge in [-0.3, -0.25) is 4.79 Å². The molecule has 1 fully saturated rings. The van der Waals surface area contributed by atoms with Gasteiger partial charge in [-0.25, -0.2) is 4.79 Å². The maximum absolute atomic E-state index is 12.1. The number of nitrogens with one attached hydrogen (secondary N) is 1. The average Bonchev–Trinajstić information content (AvgIpc) is 2.19. The Bertz CT molecular complexity index is 331. The van der Waals surface area contributed by atoms with Gasteiger partial charge in [-0.15, -0.1) is 0 Å². The molecule has 0 aliphatic carbocycles. The lowest BCUT2D eigenvalue weighted by Gasteiger charge is -2.39. The first-order chi connectivity index (χ1) is 8.21. The number of urea groups is 1. The summed E-state index contributed by atoms with van der Waals surface area (Å²) in [6.45, 7) is 7.70. The molecular weight excluding hydrogens is 234 g/mol. The van der Waals surface area contributed by atoms with Crippen LogP contribution in [-0.4, -0.2) is 65.2 Å². The van der Waals surface area contributed by atoms with Crippen LogP contribution >= 0.6 is 0 Å². The minimum atomic E-state index is -0.910. The van der Waals surface area contributed by atoms with Crippen molar-refractivity contribution in [3.8, 4) is 0 Å². The van der Waals surface area contributed by atoms with Crippen molar-refractivity contribution in [2.24, 2.45) is 0 Å². The van der Waals surface area contributed by atoms with Crippen molar-refractivity contribution >= 4 is 12.0 Å². The van der Waals surface area contributed by atoms with Gasteiger partial charge >= 0.3 is 12.0 Å². The molecule has 0 radical (unpaired) electrons. The molecule has 2 amide bonds. The van der Waals surface area contributed by atoms with E-state index >= 15 is 0 Å². The molecule has 0 aromatic carbocycles. The molecule has 0 aromatic rings. The number of carbonyl (C=O) groups excluding carboxylic acids is 1. The van der Waals surface area contributed by atoms with E-state index in [0.29, 0.717) is 19.1 Å². The van der Waals surface area contributed by atoms with Crippen molar-refractivity contribution in [3.05, 3.63) is 0 Å². The molecule has 1 saturated heterocycles. The van der Waals surface area contributed by atoms with Crippen LogP contribution in [0.15, 0.2) is 0 Å². The van der Waals surface area contributed by atoms with Gasteiger partial charge in [0.05, 0.1) is 6.42 Å². The lowest BCUT2D eigenvalue weighted by molar-refractivity contribution is -0.138. The first kappa shape index (κ1) is 14.8. The zero-order valence-electron chi connectivity index (χ0n) is 11.6. The monoisotopic (exact) mass is 257 g/mol. The van der Waals surface area contributed by atoms with E-state index < -0.39 is 11.5 Å². The number of aliphatic carboxylic acids is 1. The van der Waals surface area contributed by atoms with E-state index in [1.165, 1.54) is 0 Å². The van der Waals surface area contributed by atoms with Gasteiger partial charge in [0, 0.05) is 31.2 Å². The number of rotatable bonds is 3. The van der Waals surface area contributed by atoms with E-state index in [2.05, 4.69) is 17.1 Å². The molecule has 1 aliphatic rings. The summed E-state index contributed by atoms with van der Waals surface area (Å²) in [4.78, 5) is 26.7. The number of hydrogen-bond acceptors (Lipinski definition) is 3. The summed E-state index contributed by atoms with van der Waals surface area (Å²) in [5.41, 5.74) is -0.727. The van der Waals surface area contributed by atoms with Gasteiger partial charge in [-0.05, 0) is 27.8 Å². The third-order valence-corrected chi connectivity index (χ3v) is 3.29. The van der Waals surface area contributed by atoms with Gasteiger partial charge in [0.2, 0.25) is 0 Å². The molecule has 1 heterocycles. The number of likely N-dealkylation sites (N-methyl/N-ethyl adjacent to an activating group) is 1. The highest BCUT2D eigenvalue weighted by molar-refractivity contribution is 5.76. The summed E-state index contributed by atoms with van der Waals surface area (Å²) in [5.74, 6) is -0.910. The van der Waals surface area contributed by atoms with Crippen LogP contribution in [0.2, 0.25) is 0 Å². The number of carboxylic acids is 1. The normalized spacial score (nSPS) is 21.8. The topological polar surface area (TPSA) is 72.9 Å². The highest BCUT2D eigenvalue weighted by atomic mass is 16.4. The van der Waals surface area contributed by atoms with Crippen molar-refractivity contribution in [2.45, 2.75) is 38.8 Å². The Balaban J connectivity index is 2.53. The largest absolute Gasteiger partial charge is 0.481 e. The minimum Gasteiger partial charge on any atom is -0.481 e. The van der Waals surface area contributed by atoms with E-state index in [0.717, 1.165) is 6.54 Å². The van der Waals surface area contributed by atoms with Gasteiger partial charge in [-0.1, -0.05) is 0 Å². The number of carbonyl (C=O) groups is 2. The molecule has 1 unspecified atom stereocenters. The Hall–Kier alpha value is -1.30. The predicted octanol–water partition coefficient (Wildman–Crippen LogP) is 0.585. The molecule has 104 valence electrons. The summed E-state index contributed by atoms with van der Waals surface area (Å²) in [7, 11) is 2.04. The van der Waals surface area contributed by atoms with E-state index in [1.54, 1.807) is 18.7 Å². The number of amides is 2. The van der Waals surface area contributed by atoms with Crippen molar-refractivity contribution in [2.75, 3.05) is 26.7 Å². The molecule has 1 aliphatic heterocycles. The zero-order chi connectivity index (χ0) is 13.9. The van der Waals surface area contributed by atoms with Crippen LogP contribution < -0.4 is 5.32 Å². The highest BCUT2D eigenvalue weighted by Crippen LogP contribution is 2.11. The van der Waals surface area contributed by atoms with Crippen LogP contribution in [0.1, 0.15) is 27.2 Å².